The minimum absolute atomic E-state index is 0.0492. The Balaban J connectivity index is 3.01. The highest BCUT2D eigenvalue weighted by Crippen LogP contribution is 2.34. The highest BCUT2D eigenvalue weighted by molar-refractivity contribution is 5.35. The Bertz CT molecular complexity index is 652. The van der Waals surface area contributed by atoms with E-state index in [2.05, 4.69) is 65.1 Å². The Labute approximate surface area is 188 Å². The number of anilines is 2. The van der Waals surface area contributed by atoms with Gasteiger partial charge in [-0.2, -0.15) is 15.0 Å². The van der Waals surface area contributed by atoms with Crippen LogP contribution in [0.4, 0.5) is 11.9 Å². The van der Waals surface area contributed by atoms with Gasteiger partial charge in [0.15, 0.2) is 0 Å². The maximum atomic E-state index is 4.60. The highest BCUT2D eigenvalue weighted by atomic mass is 15.2. The zero-order valence-corrected chi connectivity index (χ0v) is 19.2. The van der Waals surface area contributed by atoms with Crippen molar-refractivity contribution in [1.82, 2.24) is 15.0 Å². The Morgan fingerprint density at radius 3 is 1.13 bits per heavy atom. The molecule has 0 aliphatic rings. The van der Waals surface area contributed by atoms with Crippen LogP contribution in [-0.4, -0.2) is 28.0 Å². The van der Waals surface area contributed by atoms with Gasteiger partial charge in [-0.05, 0) is 56.3 Å². The van der Waals surface area contributed by atoms with Crippen LogP contribution in [0.2, 0.25) is 0 Å². The highest BCUT2D eigenvalue weighted by Gasteiger charge is 2.28. The Morgan fingerprint density at radius 2 is 0.871 bits per heavy atom. The van der Waals surface area contributed by atoms with Crippen molar-refractivity contribution in [3.8, 4) is 0 Å². The fourth-order valence-corrected chi connectivity index (χ4v) is 3.94. The second-order valence-corrected chi connectivity index (χ2v) is 8.19. The molecule has 0 aromatic carbocycles. The van der Waals surface area contributed by atoms with Gasteiger partial charge < -0.3 is 10.6 Å². The van der Waals surface area contributed by atoms with Crippen LogP contribution >= 0.6 is 0 Å². The zero-order chi connectivity index (χ0) is 23.2. The van der Waals surface area contributed by atoms with Crippen molar-refractivity contribution >= 4 is 11.9 Å². The van der Waals surface area contributed by atoms with Crippen LogP contribution in [0.15, 0.2) is 75.9 Å². The lowest BCUT2D eigenvalue weighted by molar-refractivity contribution is 0.319. The predicted octanol–water partition coefficient (Wildman–Crippen LogP) is 6.43. The lowest BCUT2D eigenvalue weighted by Gasteiger charge is -2.32. The molecule has 0 spiro atoms. The largest absolute Gasteiger partial charge is 0.353 e. The van der Waals surface area contributed by atoms with Gasteiger partial charge >= 0.3 is 0 Å². The number of nitrogens with zero attached hydrogens (tertiary/aromatic N) is 3. The van der Waals surface area contributed by atoms with Gasteiger partial charge in [-0.25, -0.2) is 0 Å². The second kappa shape index (κ2) is 13.4. The normalized spacial score (nSPS) is 11.3. The Morgan fingerprint density at radius 1 is 0.581 bits per heavy atom. The molecule has 2 N–H and O–H groups in total. The first-order chi connectivity index (χ1) is 14.9. The first kappa shape index (κ1) is 26.1. The van der Waals surface area contributed by atoms with Gasteiger partial charge in [-0.3, -0.25) is 0 Å². The molecule has 1 rings (SSSR count). The maximum absolute atomic E-state index is 4.60. The number of hydrogen-bond acceptors (Lipinski definition) is 5. The van der Waals surface area contributed by atoms with Gasteiger partial charge in [-0.1, -0.05) is 36.5 Å². The van der Waals surface area contributed by atoms with Crippen LogP contribution in [0.5, 0.6) is 0 Å². The average Bonchev–Trinajstić information content (AvgIpc) is 2.72. The molecule has 168 valence electrons. The molecule has 0 saturated heterocycles. The number of nitrogens with one attached hydrogen (secondary N) is 2. The van der Waals surface area contributed by atoms with Gasteiger partial charge in [0.05, 0.1) is 0 Å². The van der Waals surface area contributed by atoms with Crippen molar-refractivity contribution in [3.63, 3.8) is 0 Å². The van der Waals surface area contributed by atoms with E-state index in [0.717, 1.165) is 38.5 Å². The third kappa shape index (κ3) is 8.36. The van der Waals surface area contributed by atoms with Gasteiger partial charge in [0.1, 0.15) is 5.82 Å². The van der Waals surface area contributed by atoms with Crippen LogP contribution in [0, 0.1) is 17.8 Å². The molecule has 1 heterocycles. The van der Waals surface area contributed by atoms with E-state index in [-0.39, 0.29) is 10.8 Å². The SMILES string of the molecule is C=CCC(CC=C)(CC=C)CNc1nc(C)nc(NCC(CC=C)(CC=C)CC=C)n1. The molecule has 5 heteroatoms. The summed E-state index contributed by atoms with van der Waals surface area (Å²) in [4.78, 5) is 13.5. The minimum Gasteiger partial charge on any atom is -0.353 e. The summed E-state index contributed by atoms with van der Waals surface area (Å²) in [5, 5.41) is 6.80. The summed E-state index contributed by atoms with van der Waals surface area (Å²) in [5.74, 6) is 1.76. The third-order valence-electron chi connectivity index (χ3n) is 5.45. The minimum atomic E-state index is -0.0492. The summed E-state index contributed by atoms with van der Waals surface area (Å²) in [6.07, 6.45) is 16.7. The van der Waals surface area contributed by atoms with Crippen molar-refractivity contribution in [3.05, 3.63) is 81.8 Å². The molecule has 0 amide bonds. The molecule has 0 aliphatic heterocycles. The molecule has 1 aromatic heterocycles. The van der Waals surface area contributed by atoms with Crippen molar-refractivity contribution in [2.75, 3.05) is 23.7 Å². The third-order valence-corrected chi connectivity index (χ3v) is 5.45. The molecule has 1 aromatic rings. The van der Waals surface area contributed by atoms with Gasteiger partial charge in [0.2, 0.25) is 11.9 Å². The molecule has 0 bridgehead atoms. The van der Waals surface area contributed by atoms with E-state index in [9.17, 15) is 0 Å². The van der Waals surface area contributed by atoms with Crippen LogP contribution in [0.3, 0.4) is 0 Å². The average molecular weight is 422 g/mol. The molecule has 0 fully saturated rings. The molecule has 0 atom stereocenters. The Hall–Kier alpha value is -2.95. The molecule has 31 heavy (non-hydrogen) atoms. The van der Waals surface area contributed by atoms with E-state index in [0.29, 0.717) is 30.8 Å². The number of aryl methyl sites for hydroxylation is 1. The monoisotopic (exact) mass is 421 g/mol. The summed E-state index contributed by atoms with van der Waals surface area (Å²) in [5.41, 5.74) is -0.0984. The molecule has 0 aliphatic carbocycles. The summed E-state index contributed by atoms with van der Waals surface area (Å²) in [6, 6.07) is 0. The van der Waals surface area contributed by atoms with Crippen LogP contribution in [0.1, 0.15) is 44.3 Å². The fraction of sp³-hybridized carbons (Fsp3) is 0.423. The van der Waals surface area contributed by atoms with E-state index < -0.39 is 0 Å². The van der Waals surface area contributed by atoms with Crippen molar-refractivity contribution < 1.29 is 0 Å². The van der Waals surface area contributed by atoms with Crippen LogP contribution in [-0.2, 0) is 0 Å². The standard InChI is InChI=1S/C26H39N5/c1-8-14-25(15-9-2,16-10-3)20-27-23-29-22(7)30-24(31-23)28-21-26(17-11-4,18-12-5)19-13-6/h8-13H,1-6,14-21H2,7H3,(H2,27,28,29,30,31). The topological polar surface area (TPSA) is 62.7 Å². The van der Waals surface area contributed by atoms with E-state index in [4.69, 9.17) is 0 Å². The van der Waals surface area contributed by atoms with Gasteiger partial charge in [0, 0.05) is 13.1 Å². The van der Waals surface area contributed by atoms with Crippen LogP contribution < -0.4 is 10.6 Å². The second-order valence-electron chi connectivity index (χ2n) is 8.19. The van der Waals surface area contributed by atoms with Gasteiger partial charge in [-0.15, -0.1) is 39.5 Å². The zero-order valence-electron chi connectivity index (χ0n) is 19.2. The summed E-state index contributed by atoms with van der Waals surface area (Å²) >= 11 is 0. The maximum Gasteiger partial charge on any atom is 0.227 e. The smallest absolute Gasteiger partial charge is 0.227 e. The lowest BCUT2D eigenvalue weighted by Crippen LogP contribution is -2.30. The van der Waals surface area contributed by atoms with Crippen molar-refractivity contribution in [2.45, 2.75) is 45.4 Å². The number of hydrogen-bond donors (Lipinski definition) is 2. The molecule has 0 unspecified atom stereocenters. The summed E-state index contributed by atoms with van der Waals surface area (Å²) in [6.45, 7) is 26.7. The molecular weight excluding hydrogens is 382 g/mol. The number of rotatable bonds is 18. The molecule has 0 saturated carbocycles. The number of allylic oxidation sites excluding steroid dienone is 6. The summed E-state index contributed by atoms with van der Waals surface area (Å²) < 4.78 is 0. The first-order valence-electron chi connectivity index (χ1n) is 10.8. The first-order valence-corrected chi connectivity index (χ1v) is 10.8. The summed E-state index contributed by atoms with van der Waals surface area (Å²) in [7, 11) is 0. The molecule has 5 nitrogen and oxygen atoms in total. The van der Waals surface area contributed by atoms with E-state index >= 15 is 0 Å². The van der Waals surface area contributed by atoms with Crippen molar-refractivity contribution in [2.24, 2.45) is 10.8 Å². The fourth-order valence-electron chi connectivity index (χ4n) is 3.94. The van der Waals surface area contributed by atoms with Gasteiger partial charge in [0.25, 0.3) is 0 Å². The number of aromatic nitrogens is 3. The van der Waals surface area contributed by atoms with Crippen LogP contribution in [0.25, 0.3) is 0 Å². The Kier molecular flexibility index (Phi) is 11.3. The van der Waals surface area contributed by atoms with E-state index in [1.807, 2.05) is 43.4 Å². The predicted molar refractivity (Wildman–Crippen MR) is 135 cm³/mol. The van der Waals surface area contributed by atoms with Crippen molar-refractivity contribution in [1.29, 1.82) is 0 Å². The lowest BCUT2D eigenvalue weighted by atomic mass is 9.78. The van der Waals surface area contributed by atoms with E-state index in [1.54, 1.807) is 0 Å². The molecule has 0 radical (unpaired) electrons. The quantitative estimate of drug-likeness (QED) is 0.267. The van der Waals surface area contributed by atoms with E-state index in [1.165, 1.54) is 0 Å². The molecular formula is C26H39N5.